The van der Waals surface area contributed by atoms with Crippen LogP contribution in [-0.4, -0.2) is 15.9 Å². The molecule has 7 heteroatoms. The van der Waals surface area contributed by atoms with Gasteiger partial charge in [-0.15, -0.1) is 11.3 Å². The van der Waals surface area contributed by atoms with Gasteiger partial charge in [0.2, 0.25) is 5.88 Å². The highest BCUT2D eigenvalue weighted by Crippen LogP contribution is 2.32. The number of aryl methyl sites for hydroxylation is 1. The Morgan fingerprint density at radius 1 is 1.26 bits per heavy atom. The highest BCUT2D eigenvalue weighted by molar-refractivity contribution is 7.15. The van der Waals surface area contributed by atoms with Crippen LogP contribution in [-0.2, 0) is 0 Å². The third-order valence-electron chi connectivity index (χ3n) is 3.00. The Bertz CT molecular complexity index is 866. The molecule has 0 radical (unpaired) electrons. The maximum absolute atomic E-state index is 12.2. The zero-order valence-electron chi connectivity index (χ0n) is 11.9. The number of rotatable bonds is 3. The molecule has 3 aromatic rings. The van der Waals surface area contributed by atoms with Crippen molar-refractivity contribution in [2.45, 2.75) is 6.92 Å². The lowest BCUT2D eigenvalue weighted by Crippen LogP contribution is -2.10. The first-order chi connectivity index (χ1) is 11.0. The quantitative estimate of drug-likeness (QED) is 0.610. The van der Waals surface area contributed by atoms with Crippen molar-refractivity contribution in [1.82, 2.24) is 9.97 Å². The van der Waals surface area contributed by atoms with Crippen LogP contribution in [0.15, 0.2) is 42.7 Å². The summed E-state index contributed by atoms with van der Waals surface area (Å²) in [5.74, 6) is -0.303. The van der Waals surface area contributed by atoms with Crippen molar-refractivity contribution < 1.29 is 9.53 Å². The minimum Gasteiger partial charge on any atom is -0.403 e. The highest BCUT2D eigenvalue weighted by atomic mass is 35.5. The first-order valence-corrected chi connectivity index (χ1v) is 8.17. The summed E-state index contributed by atoms with van der Waals surface area (Å²) in [6.07, 6.45) is 3.40. The van der Waals surface area contributed by atoms with E-state index < -0.39 is 5.97 Å². The molecular formula is C16H10Cl2N2O2S. The van der Waals surface area contributed by atoms with Gasteiger partial charge in [-0.25, -0.2) is 9.78 Å². The van der Waals surface area contributed by atoms with Gasteiger partial charge in [-0.1, -0.05) is 23.2 Å². The molecular weight excluding hydrogens is 355 g/mol. The molecule has 0 aliphatic rings. The van der Waals surface area contributed by atoms with E-state index in [0.29, 0.717) is 5.02 Å². The maximum atomic E-state index is 12.2. The number of carbonyl (C=O) groups is 1. The largest absolute Gasteiger partial charge is 0.403 e. The summed E-state index contributed by atoms with van der Waals surface area (Å²) < 4.78 is 5.37. The van der Waals surface area contributed by atoms with E-state index in [2.05, 4.69) is 9.97 Å². The SMILES string of the molecule is Cc1sc(-c2cccnc2)nc1OC(=O)c1ccc(Cl)cc1Cl. The van der Waals surface area contributed by atoms with E-state index in [1.807, 2.05) is 19.1 Å². The first-order valence-electron chi connectivity index (χ1n) is 6.59. The minimum absolute atomic E-state index is 0.239. The summed E-state index contributed by atoms with van der Waals surface area (Å²) in [5, 5.41) is 1.43. The molecule has 0 spiro atoms. The van der Waals surface area contributed by atoms with Gasteiger partial charge < -0.3 is 4.74 Å². The van der Waals surface area contributed by atoms with Crippen LogP contribution in [0.3, 0.4) is 0 Å². The molecule has 0 N–H and O–H groups in total. The Hall–Kier alpha value is -1.95. The monoisotopic (exact) mass is 364 g/mol. The molecule has 4 nitrogen and oxygen atoms in total. The van der Waals surface area contributed by atoms with E-state index in [1.54, 1.807) is 18.5 Å². The van der Waals surface area contributed by atoms with Crippen molar-refractivity contribution in [3.8, 4) is 16.5 Å². The lowest BCUT2D eigenvalue weighted by atomic mass is 10.2. The normalized spacial score (nSPS) is 10.6. The van der Waals surface area contributed by atoms with Crippen molar-refractivity contribution in [3.63, 3.8) is 0 Å². The molecule has 1 aromatic carbocycles. The fourth-order valence-corrected chi connectivity index (χ4v) is 3.21. The van der Waals surface area contributed by atoms with Gasteiger partial charge in [-0.05, 0) is 37.3 Å². The summed E-state index contributed by atoms with van der Waals surface area (Å²) in [4.78, 5) is 21.5. The predicted octanol–water partition coefficient (Wildman–Crippen LogP) is 5.04. The smallest absolute Gasteiger partial charge is 0.346 e. The van der Waals surface area contributed by atoms with E-state index in [4.69, 9.17) is 27.9 Å². The van der Waals surface area contributed by atoms with E-state index in [1.165, 1.54) is 23.5 Å². The van der Waals surface area contributed by atoms with Crippen molar-refractivity contribution in [2.75, 3.05) is 0 Å². The molecule has 0 bridgehead atoms. The number of halogens is 2. The molecule has 0 atom stereocenters. The number of hydrogen-bond acceptors (Lipinski definition) is 5. The first kappa shape index (κ1) is 15.9. The maximum Gasteiger partial charge on any atom is 0.346 e. The Balaban J connectivity index is 1.86. The van der Waals surface area contributed by atoms with Crippen LogP contribution in [0.1, 0.15) is 15.2 Å². The van der Waals surface area contributed by atoms with Crippen molar-refractivity contribution in [1.29, 1.82) is 0 Å². The van der Waals surface area contributed by atoms with Gasteiger partial charge in [0.05, 0.1) is 15.5 Å². The Morgan fingerprint density at radius 3 is 2.78 bits per heavy atom. The van der Waals surface area contributed by atoms with Crippen molar-refractivity contribution >= 4 is 40.5 Å². The number of hydrogen-bond donors (Lipinski definition) is 0. The third kappa shape index (κ3) is 3.52. The van der Waals surface area contributed by atoms with Crippen molar-refractivity contribution in [3.05, 3.63) is 63.2 Å². The molecule has 0 unspecified atom stereocenters. The predicted molar refractivity (Wildman–Crippen MR) is 91.5 cm³/mol. The van der Waals surface area contributed by atoms with Crippen LogP contribution < -0.4 is 4.74 Å². The van der Waals surface area contributed by atoms with Gasteiger partial charge in [0.25, 0.3) is 0 Å². The van der Waals surface area contributed by atoms with Gasteiger partial charge in [-0.3, -0.25) is 4.98 Å². The summed E-state index contributed by atoms with van der Waals surface area (Å²) in [5.41, 5.74) is 1.11. The van der Waals surface area contributed by atoms with E-state index in [9.17, 15) is 4.79 Å². The van der Waals surface area contributed by atoms with Crippen LogP contribution in [0.25, 0.3) is 10.6 Å². The molecule has 0 saturated heterocycles. The number of nitrogens with zero attached hydrogens (tertiary/aromatic N) is 2. The Morgan fingerprint density at radius 2 is 2.09 bits per heavy atom. The van der Waals surface area contributed by atoms with Gasteiger partial charge in [-0.2, -0.15) is 0 Å². The fourth-order valence-electron chi connectivity index (χ4n) is 1.89. The van der Waals surface area contributed by atoms with Gasteiger partial charge in [0, 0.05) is 23.0 Å². The molecule has 0 amide bonds. The number of aromatic nitrogens is 2. The number of thiazole rings is 1. The minimum atomic E-state index is -0.571. The molecule has 3 rings (SSSR count). The van der Waals surface area contributed by atoms with Crippen molar-refractivity contribution in [2.24, 2.45) is 0 Å². The molecule has 0 saturated carbocycles. The lowest BCUT2D eigenvalue weighted by molar-refractivity contribution is 0.0728. The number of benzene rings is 1. The van der Waals surface area contributed by atoms with E-state index in [0.717, 1.165) is 15.4 Å². The lowest BCUT2D eigenvalue weighted by Gasteiger charge is -2.04. The number of esters is 1. The summed E-state index contributed by atoms with van der Waals surface area (Å²) >= 11 is 13.3. The molecule has 2 heterocycles. The molecule has 2 aromatic heterocycles. The zero-order valence-corrected chi connectivity index (χ0v) is 14.2. The van der Waals surface area contributed by atoms with Gasteiger partial charge in [0.1, 0.15) is 5.01 Å². The molecule has 0 fully saturated rings. The molecule has 0 aliphatic carbocycles. The summed E-state index contributed by atoms with van der Waals surface area (Å²) in [7, 11) is 0. The number of ether oxygens (including phenoxy) is 1. The second kappa shape index (κ2) is 6.66. The zero-order chi connectivity index (χ0) is 16.4. The average Bonchev–Trinajstić information content (AvgIpc) is 2.89. The standard InChI is InChI=1S/C16H10Cl2N2O2S/c1-9-14(20-15(23-9)10-3-2-6-19-8-10)22-16(21)12-5-4-11(17)7-13(12)18/h2-8H,1H3. The molecule has 0 aliphatic heterocycles. The van der Waals surface area contributed by atoms with E-state index >= 15 is 0 Å². The fraction of sp³-hybridized carbons (Fsp3) is 0.0625. The molecule has 23 heavy (non-hydrogen) atoms. The summed E-state index contributed by atoms with van der Waals surface area (Å²) in [6, 6.07) is 8.32. The topological polar surface area (TPSA) is 52.1 Å². The number of pyridine rings is 1. The second-order valence-corrected chi connectivity index (χ2v) is 6.68. The van der Waals surface area contributed by atoms with Crippen LogP contribution in [0.2, 0.25) is 10.0 Å². The second-order valence-electron chi connectivity index (χ2n) is 4.64. The van der Waals surface area contributed by atoms with Gasteiger partial charge in [0.15, 0.2) is 0 Å². The third-order valence-corrected chi connectivity index (χ3v) is 4.55. The average molecular weight is 365 g/mol. The molecule has 116 valence electrons. The van der Waals surface area contributed by atoms with Crippen LogP contribution >= 0.6 is 34.5 Å². The van der Waals surface area contributed by atoms with E-state index in [-0.39, 0.29) is 16.5 Å². The van der Waals surface area contributed by atoms with Crippen LogP contribution in [0.5, 0.6) is 5.88 Å². The summed E-state index contributed by atoms with van der Waals surface area (Å²) in [6.45, 7) is 1.84. The Kier molecular flexibility index (Phi) is 4.61. The highest BCUT2D eigenvalue weighted by Gasteiger charge is 2.18. The van der Waals surface area contributed by atoms with Crippen LogP contribution in [0.4, 0.5) is 0 Å². The number of carbonyl (C=O) groups excluding carboxylic acids is 1. The van der Waals surface area contributed by atoms with Gasteiger partial charge >= 0.3 is 5.97 Å². The Labute approximate surface area is 146 Å². The van der Waals surface area contributed by atoms with Crippen LogP contribution in [0, 0.1) is 6.92 Å².